The molecule has 2 aromatic rings. The van der Waals surface area contributed by atoms with Crippen LogP contribution in [0, 0.1) is 5.82 Å². The zero-order chi connectivity index (χ0) is 13.1. The first-order valence-electron chi connectivity index (χ1n) is 5.31. The molecule has 0 unspecified atom stereocenters. The molecule has 0 saturated heterocycles. The van der Waals surface area contributed by atoms with E-state index in [9.17, 15) is 9.18 Å². The molecule has 18 heavy (non-hydrogen) atoms. The number of benzene rings is 2. The second-order valence-corrected chi connectivity index (χ2v) is 5.19. The van der Waals surface area contributed by atoms with Gasteiger partial charge < -0.3 is 0 Å². The summed E-state index contributed by atoms with van der Waals surface area (Å²) in [6, 6.07) is 11.9. The lowest BCUT2D eigenvalue weighted by Gasteiger charge is -2.08. The van der Waals surface area contributed by atoms with Crippen LogP contribution in [0.25, 0.3) is 0 Å². The van der Waals surface area contributed by atoms with Crippen LogP contribution in [0.1, 0.15) is 17.3 Å². The molecule has 0 aromatic heterocycles. The van der Waals surface area contributed by atoms with E-state index in [1.807, 2.05) is 18.2 Å². The maximum Gasteiger partial charge on any atom is 0.163 e. The number of hydrogen-bond acceptors (Lipinski definition) is 2. The molecule has 92 valence electrons. The van der Waals surface area contributed by atoms with Crippen molar-refractivity contribution < 1.29 is 9.18 Å². The van der Waals surface area contributed by atoms with E-state index in [-0.39, 0.29) is 11.3 Å². The Morgan fingerprint density at radius 2 is 1.78 bits per heavy atom. The van der Waals surface area contributed by atoms with Gasteiger partial charge in [0.1, 0.15) is 5.82 Å². The number of ketones is 1. The molecular formula is C14H10ClFOS. The summed E-state index contributed by atoms with van der Waals surface area (Å²) in [4.78, 5) is 12.9. The van der Waals surface area contributed by atoms with Crippen LogP contribution in [0.5, 0.6) is 0 Å². The molecule has 2 rings (SSSR count). The van der Waals surface area contributed by atoms with E-state index in [1.165, 1.54) is 24.8 Å². The third-order valence-corrected chi connectivity index (χ3v) is 3.96. The minimum Gasteiger partial charge on any atom is -0.294 e. The molecule has 0 atom stereocenters. The number of hydrogen-bond donors (Lipinski definition) is 0. The Bertz CT molecular complexity index is 598. The molecule has 0 N–H and O–H groups in total. The summed E-state index contributed by atoms with van der Waals surface area (Å²) in [5, 5.41) is 0.585. The molecule has 0 aliphatic carbocycles. The molecule has 4 heteroatoms. The third-order valence-electron chi connectivity index (χ3n) is 2.38. The van der Waals surface area contributed by atoms with E-state index in [4.69, 9.17) is 11.6 Å². The highest BCUT2D eigenvalue weighted by molar-refractivity contribution is 7.99. The van der Waals surface area contributed by atoms with Crippen molar-refractivity contribution in [1.82, 2.24) is 0 Å². The Morgan fingerprint density at radius 3 is 2.44 bits per heavy atom. The third kappa shape index (κ3) is 2.74. The molecule has 2 aromatic carbocycles. The highest BCUT2D eigenvalue weighted by Gasteiger charge is 2.14. The molecule has 0 amide bonds. The van der Waals surface area contributed by atoms with Gasteiger partial charge in [0.2, 0.25) is 0 Å². The number of halogens is 2. The van der Waals surface area contributed by atoms with Crippen LogP contribution in [0.4, 0.5) is 4.39 Å². The fraction of sp³-hybridized carbons (Fsp3) is 0.0714. The topological polar surface area (TPSA) is 17.1 Å². The molecule has 0 heterocycles. The smallest absolute Gasteiger partial charge is 0.163 e. The fourth-order valence-corrected chi connectivity index (χ4v) is 2.87. The summed E-state index contributed by atoms with van der Waals surface area (Å²) in [5.41, 5.74) is 0.113. The first-order valence-corrected chi connectivity index (χ1v) is 6.51. The Balaban J connectivity index is 2.44. The lowest BCUT2D eigenvalue weighted by Crippen LogP contribution is -1.99. The van der Waals surface area contributed by atoms with E-state index in [1.54, 1.807) is 18.2 Å². The average Bonchev–Trinajstić information content (AvgIpc) is 2.31. The highest BCUT2D eigenvalue weighted by Crippen LogP contribution is 2.35. The summed E-state index contributed by atoms with van der Waals surface area (Å²) in [7, 11) is 0. The van der Waals surface area contributed by atoms with Crippen molar-refractivity contribution in [2.45, 2.75) is 16.7 Å². The van der Waals surface area contributed by atoms with Crippen LogP contribution in [0.3, 0.4) is 0 Å². The largest absolute Gasteiger partial charge is 0.294 e. The van der Waals surface area contributed by atoms with Crippen LogP contribution in [0.2, 0.25) is 5.02 Å². The van der Waals surface area contributed by atoms with Gasteiger partial charge in [-0.15, -0.1) is 0 Å². The molecule has 0 aliphatic heterocycles. The van der Waals surface area contributed by atoms with E-state index < -0.39 is 5.82 Å². The van der Waals surface area contributed by atoms with Crippen molar-refractivity contribution >= 4 is 29.1 Å². The summed E-state index contributed by atoms with van der Waals surface area (Å²) in [6.07, 6.45) is 0. The quantitative estimate of drug-likeness (QED) is 0.749. The van der Waals surface area contributed by atoms with Crippen molar-refractivity contribution in [2.24, 2.45) is 0 Å². The Labute approximate surface area is 114 Å². The average molecular weight is 281 g/mol. The Morgan fingerprint density at radius 1 is 1.11 bits per heavy atom. The van der Waals surface area contributed by atoms with Crippen LogP contribution < -0.4 is 0 Å². The maximum atomic E-state index is 13.6. The molecule has 0 saturated carbocycles. The van der Waals surface area contributed by atoms with Crippen molar-refractivity contribution in [1.29, 1.82) is 0 Å². The maximum absolute atomic E-state index is 13.6. The zero-order valence-corrected chi connectivity index (χ0v) is 11.2. The van der Waals surface area contributed by atoms with Gasteiger partial charge in [-0.2, -0.15) is 0 Å². The molecule has 0 radical (unpaired) electrons. The van der Waals surface area contributed by atoms with Gasteiger partial charge in [-0.3, -0.25) is 4.79 Å². The number of carbonyl (C=O) groups is 1. The van der Waals surface area contributed by atoms with Gasteiger partial charge in [0.25, 0.3) is 0 Å². The molecule has 1 nitrogen and oxygen atoms in total. The molecule has 0 fully saturated rings. The zero-order valence-electron chi connectivity index (χ0n) is 9.61. The summed E-state index contributed by atoms with van der Waals surface area (Å²) in [6.45, 7) is 1.36. The van der Waals surface area contributed by atoms with Crippen LogP contribution in [0.15, 0.2) is 52.3 Å². The lowest BCUT2D eigenvalue weighted by atomic mass is 10.1. The fourth-order valence-electron chi connectivity index (χ4n) is 1.58. The van der Waals surface area contributed by atoms with Crippen molar-refractivity contribution in [3.05, 3.63) is 58.9 Å². The van der Waals surface area contributed by atoms with Crippen LogP contribution in [-0.4, -0.2) is 5.78 Å². The van der Waals surface area contributed by atoms with Crippen LogP contribution >= 0.6 is 23.4 Å². The minimum absolute atomic E-state index is 0.113. The van der Waals surface area contributed by atoms with Crippen molar-refractivity contribution in [2.75, 3.05) is 0 Å². The predicted molar refractivity (Wildman–Crippen MR) is 72.0 cm³/mol. The lowest BCUT2D eigenvalue weighted by molar-refractivity contribution is 0.101. The molecule has 0 bridgehead atoms. The minimum atomic E-state index is -0.500. The standard InChI is InChI=1S/C14H10ClFOS/c1-9(17)14-11(16)6-4-8-13(14)18-12-7-3-2-5-10(12)15/h2-8H,1H3. The second kappa shape index (κ2) is 5.55. The number of carbonyl (C=O) groups excluding carboxylic acids is 1. The Hall–Kier alpha value is -1.32. The predicted octanol–water partition coefficient (Wildman–Crippen LogP) is 4.83. The summed E-state index contributed by atoms with van der Waals surface area (Å²) >= 11 is 7.34. The number of Topliss-reactive ketones (excluding diaryl/α,β-unsaturated/α-hetero) is 1. The van der Waals surface area contributed by atoms with Gasteiger partial charge in [0, 0.05) is 9.79 Å². The summed E-state index contributed by atoms with van der Waals surface area (Å²) in [5.74, 6) is -0.790. The normalized spacial score (nSPS) is 10.4. The summed E-state index contributed by atoms with van der Waals surface area (Å²) < 4.78 is 13.6. The first kappa shape index (κ1) is 13.1. The SMILES string of the molecule is CC(=O)c1c(F)cccc1Sc1ccccc1Cl. The highest BCUT2D eigenvalue weighted by atomic mass is 35.5. The number of rotatable bonds is 3. The van der Waals surface area contributed by atoms with Gasteiger partial charge in [-0.1, -0.05) is 41.6 Å². The first-order chi connectivity index (χ1) is 8.59. The van der Waals surface area contributed by atoms with Crippen LogP contribution in [-0.2, 0) is 0 Å². The van der Waals surface area contributed by atoms with Gasteiger partial charge in [-0.25, -0.2) is 4.39 Å². The second-order valence-electron chi connectivity index (χ2n) is 3.70. The van der Waals surface area contributed by atoms with E-state index in [2.05, 4.69) is 0 Å². The van der Waals surface area contributed by atoms with Crippen molar-refractivity contribution in [3.63, 3.8) is 0 Å². The van der Waals surface area contributed by atoms with Gasteiger partial charge in [0.05, 0.1) is 10.6 Å². The van der Waals surface area contributed by atoms with Crippen molar-refractivity contribution in [3.8, 4) is 0 Å². The van der Waals surface area contributed by atoms with E-state index in [0.717, 1.165) is 4.90 Å². The molecule has 0 aliphatic rings. The molecular weight excluding hydrogens is 271 g/mol. The van der Waals surface area contributed by atoms with Gasteiger partial charge in [0.15, 0.2) is 5.78 Å². The van der Waals surface area contributed by atoms with E-state index >= 15 is 0 Å². The van der Waals surface area contributed by atoms with Gasteiger partial charge in [-0.05, 0) is 31.2 Å². The van der Waals surface area contributed by atoms with Gasteiger partial charge >= 0.3 is 0 Å². The van der Waals surface area contributed by atoms with E-state index in [0.29, 0.717) is 9.92 Å². The Kier molecular flexibility index (Phi) is 4.04. The molecule has 0 spiro atoms. The monoisotopic (exact) mass is 280 g/mol.